The summed E-state index contributed by atoms with van der Waals surface area (Å²) in [5.41, 5.74) is 1.29. The number of anilines is 1. The molecule has 0 saturated carbocycles. The number of nitrogens with one attached hydrogen (secondary N) is 2. The number of methoxy groups -OCH3 is 1. The highest BCUT2D eigenvalue weighted by Crippen LogP contribution is 2.32. The van der Waals surface area contributed by atoms with Crippen LogP contribution in [-0.2, 0) is 4.79 Å². The van der Waals surface area contributed by atoms with Crippen molar-refractivity contribution in [1.29, 1.82) is 5.26 Å². The molecule has 0 aromatic heterocycles. The molecule has 0 heterocycles. The zero-order valence-electron chi connectivity index (χ0n) is 14.8. The minimum absolute atomic E-state index is 0.104. The van der Waals surface area contributed by atoms with Crippen LogP contribution in [0.4, 0.5) is 5.69 Å². The highest BCUT2D eigenvalue weighted by Gasteiger charge is 2.12. The maximum atomic E-state index is 11.9. The highest BCUT2D eigenvalue weighted by atomic mass is 16.5. The van der Waals surface area contributed by atoms with Crippen molar-refractivity contribution in [2.45, 2.75) is 13.0 Å². The largest absolute Gasteiger partial charge is 0.493 e. The Labute approximate surface area is 153 Å². The molecule has 0 aliphatic carbocycles. The Balaban J connectivity index is 2.03. The number of carbonyl (C=O) groups excluding carboxylic acids is 1. The van der Waals surface area contributed by atoms with E-state index < -0.39 is 0 Å². The van der Waals surface area contributed by atoms with Crippen molar-refractivity contribution in [2.24, 2.45) is 0 Å². The van der Waals surface area contributed by atoms with Crippen LogP contribution in [0.25, 0.3) is 0 Å². The molecule has 0 fully saturated rings. The summed E-state index contributed by atoms with van der Waals surface area (Å²) in [4.78, 5) is 11.9. The van der Waals surface area contributed by atoms with E-state index in [0.717, 1.165) is 5.69 Å². The van der Waals surface area contributed by atoms with Crippen LogP contribution in [0.2, 0.25) is 0 Å². The molecule has 2 aromatic rings. The number of carbonyl (C=O) groups is 1. The quantitative estimate of drug-likeness (QED) is 0.712. The van der Waals surface area contributed by atoms with Crippen LogP contribution in [0.1, 0.15) is 12.5 Å². The molecule has 0 aliphatic heterocycles. The topological polar surface area (TPSA) is 83.4 Å². The van der Waals surface area contributed by atoms with Crippen molar-refractivity contribution < 1.29 is 14.3 Å². The lowest BCUT2D eigenvalue weighted by Gasteiger charge is -2.15. The molecule has 2 rings (SSSR count). The minimum Gasteiger partial charge on any atom is -0.493 e. The molecule has 6 nitrogen and oxygen atoms in total. The van der Waals surface area contributed by atoms with Gasteiger partial charge in [-0.05, 0) is 43.3 Å². The van der Waals surface area contributed by atoms with Gasteiger partial charge in [0.2, 0.25) is 5.91 Å². The van der Waals surface area contributed by atoms with Gasteiger partial charge >= 0.3 is 0 Å². The van der Waals surface area contributed by atoms with Crippen LogP contribution in [0.15, 0.2) is 55.1 Å². The summed E-state index contributed by atoms with van der Waals surface area (Å²) in [5.74, 6) is 1.51. The standard InChI is InChI=1S/C20H21N3O3/c1-4-11-22-20(24)14(2)23-16-6-8-17(9-7-16)26-18-10-5-15(13-21)12-19(18)25-3/h4-10,12,14,23H,1,11H2,2-3H3,(H,22,24). The summed E-state index contributed by atoms with van der Waals surface area (Å²) in [6.45, 7) is 5.78. The second-order valence-corrected chi connectivity index (χ2v) is 5.50. The van der Waals surface area contributed by atoms with Gasteiger partial charge in [0.25, 0.3) is 0 Å². The first-order valence-electron chi connectivity index (χ1n) is 8.08. The molecule has 0 spiro atoms. The van der Waals surface area contributed by atoms with Gasteiger partial charge in [-0.1, -0.05) is 6.08 Å². The average molecular weight is 351 g/mol. The number of nitrogens with zero attached hydrogens (tertiary/aromatic N) is 1. The summed E-state index contributed by atoms with van der Waals surface area (Å²) >= 11 is 0. The van der Waals surface area contributed by atoms with Crippen LogP contribution < -0.4 is 20.1 Å². The monoisotopic (exact) mass is 351 g/mol. The second kappa shape index (κ2) is 9.14. The first kappa shape index (κ1) is 18.9. The molecule has 0 bridgehead atoms. The van der Waals surface area contributed by atoms with E-state index in [1.165, 1.54) is 7.11 Å². The first-order valence-corrected chi connectivity index (χ1v) is 8.08. The number of hydrogen-bond donors (Lipinski definition) is 2. The zero-order valence-corrected chi connectivity index (χ0v) is 14.8. The van der Waals surface area contributed by atoms with Crippen LogP contribution in [0, 0.1) is 11.3 Å². The van der Waals surface area contributed by atoms with Gasteiger partial charge in [0.05, 0.1) is 18.7 Å². The lowest BCUT2D eigenvalue weighted by atomic mass is 10.2. The number of amides is 1. The number of benzene rings is 2. The van der Waals surface area contributed by atoms with E-state index in [-0.39, 0.29) is 11.9 Å². The van der Waals surface area contributed by atoms with Crippen LogP contribution in [0.3, 0.4) is 0 Å². The fraction of sp³-hybridized carbons (Fsp3) is 0.200. The molecule has 26 heavy (non-hydrogen) atoms. The first-order chi connectivity index (χ1) is 12.6. The van der Waals surface area contributed by atoms with Crippen LogP contribution >= 0.6 is 0 Å². The zero-order chi connectivity index (χ0) is 18.9. The Hall–Kier alpha value is -3.46. The third-order valence-corrected chi connectivity index (χ3v) is 3.57. The molecule has 0 radical (unpaired) electrons. The van der Waals surface area contributed by atoms with Crippen molar-refractivity contribution in [2.75, 3.05) is 19.0 Å². The van der Waals surface area contributed by atoms with E-state index in [0.29, 0.717) is 29.4 Å². The maximum Gasteiger partial charge on any atom is 0.242 e. The van der Waals surface area contributed by atoms with Crippen molar-refractivity contribution >= 4 is 11.6 Å². The molecule has 134 valence electrons. The van der Waals surface area contributed by atoms with Crippen molar-refractivity contribution in [3.63, 3.8) is 0 Å². The molecule has 6 heteroatoms. The van der Waals surface area contributed by atoms with Gasteiger partial charge in [0.1, 0.15) is 11.8 Å². The summed E-state index contributed by atoms with van der Waals surface area (Å²) in [6.07, 6.45) is 1.63. The summed E-state index contributed by atoms with van der Waals surface area (Å²) < 4.78 is 11.1. The fourth-order valence-electron chi connectivity index (χ4n) is 2.21. The Kier molecular flexibility index (Phi) is 6.63. The van der Waals surface area contributed by atoms with Crippen molar-refractivity contribution in [3.8, 4) is 23.3 Å². The van der Waals surface area contributed by atoms with Gasteiger partial charge < -0.3 is 20.1 Å². The van der Waals surface area contributed by atoms with Crippen LogP contribution in [0.5, 0.6) is 17.2 Å². The minimum atomic E-state index is -0.375. The number of rotatable bonds is 8. The van der Waals surface area contributed by atoms with E-state index >= 15 is 0 Å². The predicted octanol–water partition coefficient (Wildman–Crippen LogP) is 3.46. The number of nitriles is 1. The van der Waals surface area contributed by atoms with Crippen LogP contribution in [-0.4, -0.2) is 25.6 Å². The Bertz CT molecular complexity index is 810. The third-order valence-electron chi connectivity index (χ3n) is 3.57. The van der Waals surface area contributed by atoms with E-state index in [1.54, 1.807) is 43.3 Å². The highest BCUT2D eigenvalue weighted by molar-refractivity contribution is 5.84. The van der Waals surface area contributed by atoms with E-state index in [9.17, 15) is 4.79 Å². The van der Waals surface area contributed by atoms with Gasteiger partial charge in [-0.15, -0.1) is 6.58 Å². The second-order valence-electron chi connectivity index (χ2n) is 5.50. The Morgan fingerprint density at radius 2 is 2.00 bits per heavy atom. The summed E-state index contributed by atoms with van der Waals surface area (Å²) in [5, 5.41) is 14.8. The van der Waals surface area contributed by atoms with Crippen molar-refractivity contribution in [3.05, 3.63) is 60.7 Å². The molecule has 2 N–H and O–H groups in total. The molecular weight excluding hydrogens is 330 g/mol. The number of ether oxygens (including phenoxy) is 2. The molecule has 1 unspecified atom stereocenters. The lowest BCUT2D eigenvalue weighted by molar-refractivity contribution is -0.121. The summed E-state index contributed by atoms with van der Waals surface area (Å²) in [7, 11) is 1.52. The van der Waals surface area contributed by atoms with Gasteiger partial charge in [0, 0.05) is 18.3 Å². The predicted molar refractivity (Wildman–Crippen MR) is 101 cm³/mol. The Morgan fingerprint density at radius 3 is 2.62 bits per heavy atom. The van der Waals surface area contributed by atoms with E-state index in [1.807, 2.05) is 12.1 Å². The van der Waals surface area contributed by atoms with Crippen molar-refractivity contribution in [1.82, 2.24) is 5.32 Å². The average Bonchev–Trinajstić information content (AvgIpc) is 2.67. The van der Waals surface area contributed by atoms with E-state index in [4.69, 9.17) is 14.7 Å². The third kappa shape index (κ3) is 5.02. The fourth-order valence-corrected chi connectivity index (χ4v) is 2.21. The lowest BCUT2D eigenvalue weighted by Crippen LogP contribution is -2.37. The van der Waals surface area contributed by atoms with E-state index in [2.05, 4.69) is 23.3 Å². The molecule has 1 amide bonds. The van der Waals surface area contributed by atoms with Gasteiger partial charge in [0.15, 0.2) is 11.5 Å². The summed E-state index contributed by atoms with van der Waals surface area (Å²) in [6, 6.07) is 13.9. The van der Waals surface area contributed by atoms with Gasteiger partial charge in [-0.25, -0.2) is 0 Å². The molecular formula is C20H21N3O3. The molecule has 0 aliphatic rings. The SMILES string of the molecule is C=CCNC(=O)C(C)Nc1ccc(Oc2ccc(C#N)cc2OC)cc1. The molecule has 0 saturated heterocycles. The van der Waals surface area contributed by atoms with Gasteiger partial charge in [-0.3, -0.25) is 4.79 Å². The normalized spacial score (nSPS) is 11.0. The smallest absolute Gasteiger partial charge is 0.242 e. The number of hydrogen-bond acceptors (Lipinski definition) is 5. The Morgan fingerprint density at radius 1 is 1.27 bits per heavy atom. The maximum absolute atomic E-state index is 11.9. The van der Waals surface area contributed by atoms with Gasteiger partial charge in [-0.2, -0.15) is 5.26 Å². The molecule has 1 atom stereocenters. The molecule has 2 aromatic carbocycles.